The van der Waals surface area contributed by atoms with Crippen LogP contribution in [-0.4, -0.2) is 47.1 Å². The fourth-order valence-electron chi connectivity index (χ4n) is 3.62. The van der Waals surface area contributed by atoms with E-state index in [-0.39, 0.29) is 17.7 Å². The van der Waals surface area contributed by atoms with Crippen molar-refractivity contribution in [1.82, 2.24) is 15.0 Å². The second-order valence-corrected chi connectivity index (χ2v) is 6.89. The van der Waals surface area contributed by atoms with Crippen LogP contribution in [0.25, 0.3) is 0 Å². The molecule has 1 fully saturated rings. The Hall–Kier alpha value is -2.41. The van der Waals surface area contributed by atoms with Crippen LogP contribution in [0, 0.1) is 12.8 Å². The number of rotatable bonds is 4. The SMILES string of the molecule is Cc1noc(C(C)N2CCC(C(=O)c3ccc4c(c3)OCCO4)CC2)n1. The predicted molar refractivity (Wildman–Crippen MR) is 93.5 cm³/mol. The van der Waals surface area contributed by atoms with Crippen LogP contribution in [0.15, 0.2) is 22.7 Å². The van der Waals surface area contributed by atoms with Gasteiger partial charge < -0.3 is 14.0 Å². The van der Waals surface area contributed by atoms with Crippen molar-refractivity contribution in [2.45, 2.75) is 32.7 Å². The maximum absolute atomic E-state index is 12.9. The monoisotopic (exact) mass is 357 g/mol. The van der Waals surface area contributed by atoms with Gasteiger partial charge in [0.2, 0.25) is 5.89 Å². The molecule has 2 aromatic rings. The van der Waals surface area contributed by atoms with E-state index in [1.165, 1.54) is 0 Å². The predicted octanol–water partition coefficient (Wildman–Crippen LogP) is 2.81. The number of aryl methyl sites for hydroxylation is 1. The van der Waals surface area contributed by atoms with E-state index in [4.69, 9.17) is 14.0 Å². The molecule has 0 saturated carbocycles. The summed E-state index contributed by atoms with van der Waals surface area (Å²) in [6.45, 7) is 6.63. The highest BCUT2D eigenvalue weighted by Gasteiger charge is 2.30. The molecular formula is C19H23N3O4. The number of carbonyl (C=O) groups excluding carboxylic acids is 1. The van der Waals surface area contributed by atoms with Crippen LogP contribution < -0.4 is 9.47 Å². The number of Topliss-reactive ketones (excluding diaryl/α,β-unsaturated/α-hetero) is 1. The van der Waals surface area contributed by atoms with Crippen LogP contribution in [0.4, 0.5) is 0 Å². The lowest BCUT2D eigenvalue weighted by Crippen LogP contribution is -2.38. The highest BCUT2D eigenvalue weighted by molar-refractivity contribution is 5.98. The Bertz CT molecular complexity index is 796. The van der Waals surface area contributed by atoms with Crippen molar-refractivity contribution < 1.29 is 18.8 Å². The maximum Gasteiger partial charge on any atom is 0.243 e. The number of likely N-dealkylation sites (tertiary alicyclic amines) is 1. The van der Waals surface area contributed by atoms with Crippen molar-refractivity contribution in [3.63, 3.8) is 0 Å². The van der Waals surface area contributed by atoms with E-state index < -0.39 is 0 Å². The molecule has 3 heterocycles. The van der Waals surface area contributed by atoms with Gasteiger partial charge in [-0.2, -0.15) is 4.98 Å². The van der Waals surface area contributed by atoms with E-state index in [1.807, 2.05) is 25.1 Å². The third-order valence-corrected chi connectivity index (χ3v) is 5.18. The molecule has 2 aliphatic heterocycles. The summed E-state index contributed by atoms with van der Waals surface area (Å²) < 4.78 is 16.4. The average Bonchev–Trinajstić information content (AvgIpc) is 3.13. The van der Waals surface area contributed by atoms with Gasteiger partial charge in [-0.15, -0.1) is 0 Å². The quantitative estimate of drug-likeness (QED) is 0.779. The van der Waals surface area contributed by atoms with Crippen LogP contribution in [0.2, 0.25) is 0 Å². The third kappa shape index (κ3) is 3.31. The van der Waals surface area contributed by atoms with Crippen LogP contribution in [0.5, 0.6) is 11.5 Å². The summed E-state index contributed by atoms with van der Waals surface area (Å²) in [5.41, 5.74) is 0.702. The summed E-state index contributed by atoms with van der Waals surface area (Å²) in [7, 11) is 0. The van der Waals surface area contributed by atoms with Crippen LogP contribution in [0.1, 0.15) is 47.9 Å². The molecule has 2 aliphatic rings. The van der Waals surface area contributed by atoms with Gasteiger partial charge in [0.15, 0.2) is 23.1 Å². The van der Waals surface area contributed by atoms with Crippen LogP contribution >= 0.6 is 0 Å². The number of carbonyl (C=O) groups is 1. The van der Waals surface area contributed by atoms with Gasteiger partial charge in [-0.05, 0) is 58.0 Å². The van der Waals surface area contributed by atoms with Crippen LogP contribution in [-0.2, 0) is 0 Å². The lowest BCUT2D eigenvalue weighted by Gasteiger charge is -2.34. The molecule has 26 heavy (non-hydrogen) atoms. The molecule has 138 valence electrons. The van der Waals surface area contributed by atoms with Gasteiger partial charge in [0, 0.05) is 11.5 Å². The fourth-order valence-corrected chi connectivity index (χ4v) is 3.62. The lowest BCUT2D eigenvalue weighted by molar-refractivity contribution is 0.0774. The number of nitrogens with zero attached hydrogens (tertiary/aromatic N) is 3. The van der Waals surface area contributed by atoms with E-state index in [1.54, 1.807) is 0 Å². The van der Waals surface area contributed by atoms with E-state index in [0.29, 0.717) is 42.0 Å². The van der Waals surface area contributed by atoms with Gasteiger partial charge >= 0.3 is 0 Å². The fraction of sp³-hybridized carbons (Fsp3) is 0.526. The first-order valence-corrected chi connectivity index (χ1v) is 9.10. The van der Waals surface area contributed by atoms with Crippen LogP contribution in [0.3, 0.4) is 0 Å². The van der Waals surface area contributed by atoms with Gasteiger partial charge in [-0.3, -0.25) is 9.69 Å². The Morgan fingerprint density at radius 3 is 2.62 bits per heavy atom. The zero-order valence-electron chi connectivity index (χ0n) is 15.1. The summed E-state index contributed by atoms with van der Waals surface area (Å²) in [5, 5.41) is 3.86. The first kappa shape index (κ1) is 17.0. The molecule has 1 atom stereocenters. The molecule has 1 saturated heterocycles. The smallest absolute Gasteiger partial charge is 0.243 e. The second-order valence-electron chi connectivity index (χ2n) is 6.89. The minimum absolute atomic E-state index is 0.0328. The third-order valence-electron chi connectivity index (χ3n) is 5.18. The van der Waals surface area contributed by atoms with E-state index in [2.05, 4.69) is 22.0 Å². The molecule has 0 spiro atoms. The zero-order chi connectivity index (χ0) is 18.1. The number of ketones is 1. The van der Waals surface area contributed by atoms with Crippen molar-refractivity contribution in [2.75, 3.05) is 26.3 Å². The Morgan fingerprint density at radius 2 is 1.92 bits per heavy atom. The van der Waals surface area contributed by atoms with Gasteiger partial charge in [-0.25, -0.2) is 0 Å². The summed E-state index contributed by atoms with van der Waals surface area (Å²) >= 11 is 0. The van der Waals surface area contributed by atoms with Gasteiger partial charge in [0.1, 0.15) is 13.2 Å². The summed E-state index contributed by atoms with van der Waals surface area (Å²) in [6.07, 6.45) is 1.65. The van der Waals surface area contributed by atoms with Crippen molar-refractivity contribution in [2.24, 2.45) is 5.92 Å². The Labute approximate surface area is 152 Å². The number of piperidine rings is 1. The first-order chi connectivity index (χ1) is 12.6. The lowest BCUT2D eigenvalue weighted by atomic mass is 9.88. The minimum atomic E-state index is 0.0328. The van der Waals surface area contributed by atoms with Crippen molar-refractivity contribution in [3.05, 3.63) is 35.5 Å². The Balaban J connectivity index is 1.39. The Kier molecular flexibility index (Phi) is 4.63. The standard InChI is InChI=1S/C19H23N3O4/c1-12(19-20-13(2)21-26-19)22-7-5-14(6-8-22)18(23)15-3-4-16-17(11-15)25-10-9-24-16/h3-4,11-12,14H,5-10H2,1-2H3. The van der Waals surface area contributed by atoms with E-state index in [9.17, 15) is 4.79 Å². The summed E-state index contributed by atoms with van der Waals surface area (Å²) in [4.78, 5) is 19.5. The summed E-state index contributed by atoms with van der Waals surface area (Å²) in [5.74, 6) is 2.88. The average molecular weight is 357 g/mol. The normalized spacial score (nSPS) is 19.3. The molecule has 7 nitrogen and oxygen atoms in total. The molecule has 0 N–H and O–H groups in total. The van der Waals surface area contributed by atoms with Gasteiger partial charge in [0.25, 0.3) is 0 Å². The number of ether oxygens (including phenoxy) is 2. The minimum Gasteiger partial charge on any atom is -0.486 e. The number of hydrogen-bond donors (Lipinski definition) is 0. The molecule has 0 amide bonds. The molecule has 7 heteroatoms. The highest BCUT2D eigenvalue weighted by Crippen LogP contribution is 2.33. The molecule has 1 unspecified atom stereocenters. The molecule has 0 bridgehead atoms. The Morgan fingerprint density at radius 1 is 1.19 bits per heavy atom. The van der Waals surface area contributed by atoms with Gasteiger partial charge in [-0.1, -0.05) is 5.16 Å². The number of hydrogen-bond acceptors (Lipinski definition) is 7. The molecule has 4 rings (SSSR count). The van der Waals surface area contributed by atoms with E-state index in [0.717, 1.165) is 25.9 Å². The summed E-state index contributed by atoms with van der Waals surface area (Å²) in [6, 6.07) is 5.55. The number of benzene rings is 1. The highest BCUT2D eigenvalue weighted by atomic mass is 16.6. The zero-order valence-corrected chi connectivity index (χ0v) is 15.1. The molecule has 0 radical (unpaired) electrons. The van der Waals surface area contributed by atoms with Crippen molar-refractivity contribution >= 4 is 5.78 Å². The van der Waals surface area contributed by atoms with Crippen molar-refractivity contribution in [3.8, 4) is 11.5 Å². The molecule has 1 aromatic heterocycles. The number of aromatic nitrogens is 2. The largest absolute Gasteiger partial charge is 0.486 e. The molecule has 1 aromatic carbocycles. The second kappa shape index (κ2) is 7.07. The first-order valence-electron chi connectivity index (χ1n) is 9.10. The van der Waals surface area contributed by atoms with Gasteiger partial charge in [0.05, 0.1) is 6.04 Å². The maximum atomic E-state index is 12.9. The molecular weight excluding hydrogens is 334 g/mol. The topological polar surface area (TPSA) is 77.7 Å². The van der Waals surface area contributed by atoms with E-state index >= 15 is 0 Å². The molecule has 0 aliphatic carbocycles. The van der Waals surface area contributed by atoms with Crippen molar-refractivity contribution in [1.29, 1.82) is 0 Å². The number of fused-ring (bicyclic) bond motifs is 1.